The van der Waals surface area contributed by atoms with Crippen LogP contribution in [0.15, 0.2) is 6.20 Å². The highest BCUT2D eigenvalue weighted by molar-refractivity contribution is 7.91. The summed E-state index contributed by atoms with van der Waals surface area (Å²) in [7, 11) is 0.648. The van der Waals surface area contributed by atoms with Crippen molar-refractivity contribution < 1.29 is 13.2 Å². The van der Waals surface area contributed by atoms with Crippen LogP contribution in [0.25, 0.3) is 0 Å². The van der Waals surface area contributed by atoms with Crippen molar-refractivity contribution in [1.29, 1.82) is 0 Å². The van der Waals surface area contributed by atoms with Crippen LogP contribution in [-0.2, 0) is 16.4 Å². The van der Waals surface area contributed by atoms with Gasteiger partial charge in [0.1, 0.15) is 5.75 Å². The van der Waals surface area contributed by atoms with Crippen LogP contribution in [-0.4, -0.2) is 50.0 Å². The van der Waals surface area contributed by atoms with Gasteiger partial charge in [-0.05, 0) is 33.7 Å². The first-order chi connectivity index (χ1) is 10.3. The van der Waals surface area contributed by atoms with Crippen molar-refractivity contribution in [3.63, 3.8) is 0 Å². The molecule has 1 aromatic heterocycles. The molecule has 1 heterocycles. The van der Waals surface area contributed by atoms with Gasteiger partial charge in [0.25, 0.3) is 0 Å². The molecule has 0 radical (unpaired) electrons. The van der Waals surface area contributed by atoms with E-state index in [4.69, 9.17) is 4.74 Å². The molecule has 1 saturated carbocycles. The molecule has 1 aliphatic carbocycles. The summed E-state index contributed by atoms with van der Waals surface area (Å²) in [5.74, 6) is 0.865. The molecule has 0 unspecified atom stereocenters. The van der Waals surface area contributed by atoms with Gasteiger partial charge in [-0.25, -0.2) is 8.42 Å². The summed E-state index contributed by atoms with van der Waals surface area (Å²) in [6, 6.07) is 0.0727. The van der Waals surface area contributed by atoms with Crippen molar-refractivity contribution in [3.8, 4) is 5.75 Å². The molecule has 1 aliphatic rings. The standard InChI is InChI=1S/C16H26N2O3S/c1-11-9-17-13(12(2)16(11)21-4)10-18(3)14-7-6-8-15(14)22(5,19)20/h9,14-15H,6-8,10H2,1-5H3/t14-,15-/m1/s1. The first-order valence-electron chi connectivity index (χ1n) is 7.64. The van der Waals surface area contributed by atoms with Crippen molar-refractivity contribution in [3.05, 3.63) is 23.0 Å². The van der Waals surface area contributed by atoms with Crippen LogP contribution >= 0.6 is 0 Å². The van der Waals surface area contributed by atoms with Crippen LogP contribution < -0.4 is 4.74 Å². The Kier molecular flexibility index (Phi) is 5.12. The molecule has 0 aromatic carbocycles. The molecule has 6 heteroatoms. The molecular weight excluding hydrogens is 300 g/mol. The molecule has 0 amide bonds. The zero-order valence-corrected chi connectivity index (χ0v) is 14.9. The summed E-state index contributed by atoms with van der Waals surface area (Å²) in [6.07, 6.45) is 5.82. The third kappa shape index (κ3) is 3.43. The maximum atomic E-state index is 12.0. The van der Waals surface area contributed by atoms with E-state index in [2.05, 4.69) is 9.88 Å². The van der Waals surface area contributed by atoms with Gasteiger partial charge in [-0.2, -0.15) is 0 Å². The van der Waals surface area contributed by atoms with Crippen LogP contribution in [0.1, 0.15) is 36.1 Å². The molecule has 0 N–H and O–H groups in total. The summed E-state index contributed by atoms with van der Waals surface area (Å²) < 4.78 is 29.3. The van der Waals surface area contributed by atoms with E-state index in [1.807, 2.05) is 27.1 Å². The Morgan fingerprint density at radius 3 is 2.64 bits per heavy atom. The first-order valence-corrected chi connectivity index (χ1v) is 9.59. The lowest BCUT2D eigenvalue weighted by Gasteiger charge is -2.29. The molecule has 1 fully saturated rings. The Bertz CT molecular complexity index is 643. The van der Waals surface area contributed by atoms with E-state index in [-0.39, 0.29) is 11.3 Å². The third-order valence-electron chi connectivity index (χ3n) is 4.68. The predicted octanol–water partition coefficient (Wildman–Crippen LogP) is 2.10. The van der Waals surface area contributed by atoms with Gasteiger partial charge < -0.3 is 4.74 Å². The van der Waals surface area contributed by atoms with Crippen LogP contribution in [0.5, 0.6) is 5.75 Å². The lowest BCUT2D eigenvalue weighted by molar-refractivity contribution is 0.235. The number of nitrogens with zero attached hydrogens (tertiary/aromatic N) is 2. The van der Waals surface area contributed by atoms with E-state index in [1.54, 1.807) is 7.11 Å². The summed E-state index contributed by atoms with van der Waals surface area (Å²) in [4.78, 5) is 6.64. The molecule has 2 rings (SSSR count). The van der Waals surface area contributed by atoms with E-state index in [9.17, 15) is 8.42 Å². The summed E-state index contributed by atoms with van der Waals surface area (Å²) in [6.45, 7) is 4.62. The molecule has 0 bridgehead atoms. The Labute approximate surface area is 133 Å². The molecular formula is C16H26N2O3S. The van der Waals surface area contributed by atoms with E-state index in [1.165, 1.54) is 6.26 Å². The first kappa shape index (κ1) is 17.2. The quantitative estimate of drug-likeness (QED) is 0.829. The second-order valence-electron chi connectivity index (χ2n) is 6.33. The van der Waals surface area contributed by atoms with Crippen molar-refractivity contribution in [2.45, 2.75) is 50.9 Å². The number of methoxy groups -OCH3 is 1. The monoisotopic (exact) mass is 326 g/mol. The second-order valence-corrected chi connectivity index (χ2v) is 8.59. The number of rotatable bonds is 5. The zero-order valence-electron chi connectivity index (χ0n) is 14.1. The normalized spacial score (nSPS) is 22.3. The van der Waals surface area contributed by atoms with E-state index >= 15 is 0 Å². The Balaban J connectivity index is 2.21. The fraction of sp³-hybridized carbons (Fsp3) is 0.688. The highest BCUT2D eigenvalue weighted by Crippen LogP contribution is 2.31. The van der Waals surface area contributed by atoms with Gasteiger partial charge in [0, 0.05) is 36.2 Å². The number of ether oxygens (including phenoxy) is 1. The minimum absolute atomic E-state index is 0.0727. The number of hydrogen-bond donors (Lipinski definition) is 0. The summed E-state index contributed by atoms with van der Waals surface area (Å²) in [5.41, 5.74) is 2.99. The smallest absolute Gasteiger partial charge is 0.151 e. The van der Waals surface area contributed by atoms with Gasteiger partial charge >= 0.3 is 0 Å². The molecule has 0 saturated heterocycles. The second kappa shape index (κ2) is 6.54. The third-order valence-corrected chi connectivity index (χ3v) is 6.33. The number of hydrogen-bond acceptors (Lipinski definition) is 5. The summed E-state index contributed by atoms with van der Waals surface area (Å²) in [5, 5.41) is -0.259. The summed E-state index contributed by atoms with van der Waals surface area (Å²) >= 11 is 0. The molecule has 1 aromatic rings. The van der Waals surface area contributed by atoms with Gasteiger partial charge in [-0.15, -0.1) is 0 Å². The van der Waals surface area contributed by atoms with Gasteiger partial charge in [0.2, 0.25) is 0 Å². The molecule has 2 atom stereocenters. The lowest BCUT2D eigenvalue weighted by Crippen LogP contribution is -2.41. The number of pyridine rings is 1. The molecule has 22 heavy (non-hydrogen) atoms. The Hall–Kier alpha value is -1.14. The minimum Gasteiger partial charge on any atom is -0.496 e. The highest BCUT2D eigenvalue weighted by Gasteiger charge is 2.37. The van der Waals surface area contributed by atoms with E-state index in [0.717, 1.165) is 41.8 Å². The van der Waals surface area contributed by atoms with Crippen molar-refractivity contribution in [1.82, 2.24) is 9.88 Å². The van der Waals surface area contributed by atoms with Crippen molar-refractivity contribution >= 4 is 9.84 Å². The maximum Gasteiger partial charge on any atom is 0.151 e. The fourth-order valence-electron chi connectivity index (χ4n) is 3.49. The fourth-order valence-corrected chi connectivity index (χ4v) is 5.00. The number of aryl methyl sites for hydroxylation is 1. The van der Waals surface area contributed by atoms with Crippen molar-refractivity contribution in [2.24, 2.45) is 0 Å². The number of sulfone groups is 1. The highest BCUT2D eigenvalue weighted by atomic mass is 32.2. The van der Waals surface area contributed by atoms with Gasteiger partial charge in [-0.1, -0.05) is 6.42 Å². The molecule has 124 valence electrons. The molecule has 0 aliphatic heterocycles. The van der Waals surface area contributed by atoms with E-state index in [0.29, 0.717) is 6.54 Å². The Morgan fingerprint density at radius 1 is 1.36 bits per heavy atom. The largest absolute Gasteiger partial charge is 0.496 e. The molecule has 5 nitrogen and oxygen atoms in total. The average molecular weight is 326 g/mol. The van der Waals surface area contributed by atoms with E-state index < -0.39 is 9.84 Å². The van der Waals surface area contributed by atoms with Crippen LogP contribution in [0, 0.1) is 13.8 Å². The van der Waals surface area contributed by atoms with Crippen LogP contribution in [0.2, 0.25) is 0 Å². The SMILES string of the molecule is COc1c(C)cnc(CN(C)[C@@H]2CCC[C@H]2S(C)(=O)=O)c1C. The maximum absolute atomic E-state index is 12.0. The average Bonchev–Trinajstić information content (AvgIpc) is 2.92. The van der Waals surface area contributed by atoms with Crippen molar-refractivity contribution in [2.75, 3.05) is 20.4 Å². The van der Waals surface area contributed by atoms with Gasteiger partial charge in [-0.3, -0.25) is 9.88 Å². The zero-order chi connectivity index (χ0) is 16.5. The molecule has 0 spiro atoms. The van der Waals surface area contributed by atoms with Crippen LogP contribution in [0.4, 0.5) is 0 Å². The van der Waals surface area contributed by atoms with Gasteiger partial charge in [0.15, 0.2) is 9.84 Å². The number of aromatic nitrogens is 1. The predicted molar refractivity (Wildman–Crippen MR) is 88.0 cm³/mol. The lowest BCUT2D eigenvalue weighted by atomic mass is 10.1. The van der Waals surface area contributed by atoms with Crippen LogP contribution in [0.3, 0.4) is 0 Å². The van der Waals surface area contributed by atoms with Gasteiger partial charge in [0.05, 0.1) is 18.1 Å². The minimum atomic E-state index is -3.01. The Morgan fingerprint density at radius 2 is 2.05 bits per heavy atom. The topological polar surface area (TPSA) is 59.5 Å².